The van der Waals surface area contributed by atoms with Crippen LogP contribution >= 0.6 is 0 Å². The minimum Gasteiger partial charge on any atom is -0.493 e. The van der Waals surface area contributed by atoms with Gasteiger partial charge in [0.2, 0.25) is 11.9 Å². The van der Waals surface area contributed by atoms with Crippen LogP contribution in [0.15, 0.2) is 29.1 Å². The van der Waals surface area contributed by atoms with Crippen LogP contribution in [0.5, 0.6) is 11.5 Å². The third-order valence-electron chi connectivity index (χ3n) is 5.21. The molecule has 0 aliphatic carbocycles. The number of benzene rings is 1. The molecule has 32 heavy (non-hydrogen) atoms. The minimum absolute atomic E-state index is 0.149. The number of aromatic nitrogens is 2. The first-order valence-corrected chi connectivity index (χ1v) is 10.4. The summed E-state index contributed by atoms with van der Waals surface area (Å²) in [5.74, 6) is 1.33. The topological polar surface area (TPSA) is 104 Å². The number of carbonyl (C=O) groups excluding carboxylic acids is 1. The Balaban J connectivity index is 1.80. The van der Waals surface area contributed by atoms with E-state index in [1.165, 1.54) is 10.6 Å². The monoisotopic (exact) mass is 446 g/mol. The third kappa shape index (κ3) is 5.57. The number of hydrogen-bond acceptors (Lipinski definition) is 8. The van der Waals surface area contributed by atoms with E-state index in [0.717, 1.165) is 5.56 Å². The Bertz CT molecular complexity index is 987. The van der Waals surface area contributed by atoms with E-state index in [0.29, 0.717) is 49.4 Å². The van der Waals surface area contributed by atoms with Gasteiger partial charge in [0.15, 0.2) is 11.5 Å². The van der Waals surface area contributed by atoms with Crippen LogP contribution in [-0.4, -0.2) is 63.1 Å². The van der Waals surface area contributed by atoms with E-state index in [9.17, 15) is 9.59 Å². The molecule has 1 saturated heterocycles. The molecule has 10 nitrogen and oxygen atoms in total. The zero-order chi connectivity index (χ0) is 23.1. The first kappa shape index (κ1) is 23.6. The Hall–Kier alpha value is -3.11. The lowest BCUT2D eigenvalue weighted by atomic mass is 10.1. The average Bonchev–Trinajstić information content (AvgIpc) is 2.80. The molecule has 1 aliphatic rings. The van der Waals surface area contributed by atoms with Crippen LogP contribution < -0.4 is 25.2 Å². The predicted molar refractivity (Wildman–Crippen MR) is 118 cm³/mol. The highest BCUT2D eigenvalue weighted by Gasteiger charge is 2.21. The summed E-state index contributed by atoms with van der Waals surface area (Å²) >= 11 is 0. The molecular formula is C22H30N4O6. The van der Waals surface area contributed by atoms with E-state index in [2.05, 4.69) is 10.3 Å². The van der Waals surface area contributed by atoms with Crippen molar-refractivity contribution < 1.29 is 23.7 Å². The molecule has 1 fully saturated rings. The van der Waals surface area contributed by atoms with Gasteiger partial charge in [0.1, 0.15) is 6.54 Å². The second kappa shape index (κ2) is 11.0. The van der Waals surface area contributed by atoms with Gasteiger partial charge < -0.3 is 29.2 Å². The molecule has 0 radical (unpaired) electrons. The van der Waals surface area contributed by atoms with E-state index in [-0.39, 0.29) is 30.7 Å². The van der Waals surface area contributed by atoms with Gasteiger partial charge in [-0.15, -0.1) is 0 Å². The van der Waals surface area contributed by atoms with Gasteiger partial charge in [0, 0.05) is 26.3 Å². The van der Waals surface area contributed by atoms with Crippen molar-refractivity contribution in [1.29, 1.82) is 0 Å². The molecule has 1 aromatic heterocycles. The number of nitrogens with zero attached hydrogens (tertiary/aromatic N) is 3. The molecule has 0 saturated carbocycles. The Labute approximate surface area is 187 Å². The highest BCUT2D eigenvalue weighted by atomic mass is 16.5. The minimum atomic E-state index is -0.303. The number of anilines is 1. The number of amides is 1. The van der Waals surface area contributed by atoms with Crippen molar-refractivity contribution in [2.75, 3.05) is 52.5 Å². The van der Waals surface area contributed by atoms with E-state index < -0.39 is 0 Å². The maximum Gasteiger partial charge on any atom is 0.255 e. The van der Waals surface area contributed by atoms with Crippen molar-refractivity contribution in [2.45, 2.75) is 26.1 Å². The van der Waals surface area contributed by atoms with Crippen molar-refractivity contribution in [3.05, 3.63) is 45.9 Å². The molecule has 1 aromatic carbocycles. The standard InChI is InChI=1S/C22H30N4O6/c1-15(16-5-6-18(30-3)19(11-16)31-4)23-20(27)13-26-21(28)12-17(14-29-2)24-22(26)25-7-9-32-10-8-25/h5-6,11-12,15H,7-10,13-14H2,1-4H3,(H,23,27)/t15-/m1/s1. The fraction of sp³-hybridized carbons (Fsp3) is 0.500. The normalized spacial score (nSPS) is 14.7. The number of carbonyl (C=O) groups is 1. The van der Waals surface area contributed by atoms with Gasteiger partial charge >= 0.3 is 0 Å². The lowest BCUT2D eigenvalue weighted by Crippen LogP contribution is -2.42. The first-order chi connectivity index (χ1) is 15.5. The largest absolute Gasteiger partial charge is 0.493 e. The third-order valence-corrected chi connectivity index (χ3v) is 5.21. The number of morpholine rings is 1. The molecule has 3 rings (SSSR count). The van der Waals surface area contributed by atoms with E-state index in [4.69, 9.17) is 18.9 Å². The SMILES string of the molecule is COCc1cc(=O)n(CC(=O)N[C@H](C)c2ccc(OC)c(OC)c2)c(N2CCOCC2)n1. The molecule has 2 aromatic rings. The van der Waals surface area contributed by atoms with E-state index >= 15 is 0 Å². The number of methoxy groups -OCH3 is 3. The molecule has 1 N–H and O–H groups in total. The molecule has 1 atom stereocenters. The van der Waals surface area contributed by atoms with Gasteiger partial charge in [-0.05, 0) is 24.6 Å². The van der Waals surface area contributed by atoms with Crippen LogP contribution in [0, 0.1) is 0 Å². The van der Waals surface area contributed by atoms with Gasteiger partial charge in [0.05, 0.1) is 45.8 Å². The Morgan fingerprint density at radius 1 is 1.16 bits per heavy atom. The molecule has 0 bridgehead atoms. The lowest BCUT2D eigenvalue weighted by molar-refractivity contribution is -0.122. The van der Waals surface area contributed by atoms with Crippen molar-refractivity contribution in [3.8, 4) is 11.5 Å². The van der Waals surface area contributed by atoms with Crippen molar-refractivity contribution >= 4 is 11.9 Å². The van der Waals surface area contributed by atoms with Gasteiger partial charge in [-0.2, -0.15) is 0 Å². The zero-order valence-electron chi connectivity index (χ0n) is 18.9. The van der Waals surface area contributed by atoms with Crippen LogP contribution in [0.2, 0.25) is 0 Å². The average molecular weight is 447 g/mol. The summed E-state index contributed by atoms with van der Waals surface area (Å²) in [7, 11) is 4.67. The maximum atomic E-state index is 12.8. The van der Waals surface area contributed by atoms with Crippen LogP contribution in [-0.2, 0) is 27.4 Å². The number of hydrogen-bond donors (Lipinski definition) is 1. The summed E-state index contributed by atoms with van der Waals surface area (Å²) in [4.78, 5) is 32.2. The molecule has 1 aliphatic heterocycles. The molecule has 0 unspecified atom stereocenters. The second-order valence-corrected chi connectivity index (χ2v) is 7.41. The van der Waals surface area contributed by atoms with Crippen LogP contribution in [0.4, 0.5) is 5.95 Å². The molecule has 2 heterocycles. The smallest absolute Gasteiger partial charge is 0.255 e. The van der Waals surface area contributed by atoms with E-state index in [1.807, 2.05) is 24.0 Å². The second-order valence-electron chi connectivity index (χ2n) is 7.41. The van der Waals surface area contributed by atoms with Crippen LogP contribution in [0.25, 0.3) is 0 Å². The summed E-state index contributed by atoms with van der Waals surface area (Å²) in [5, 5.41) is 2.94. The Kier molecular flexibility index (Phi) is 8.07. The quantitative estimate of drug-likeness (QED) is 0.611. The van der Waals surface area contributed by atoms with E-state index in [1.54, 1.807) is 27.4 Å². The molecule has 1 amide bonds. The fourth-order valence-corrected chi connectivity index (χ4v) is 3.55. The predicted octanol–water partition coefficient (Wildman–Crippen LogP) is 1.12. The summed E-state index contributed by atoms with van der Waals surface area (Å²) in [5.41, 5.74) is 1.07. The molecule has 0 spiro atoms. The van der Waals surface area contributed by atoms with Crippen molar-refractivity contribution in [2.24, 2.45) is 0 Å². The van der Waals surface area contributed by atoms with Gasteiger partial charge in [0.25, 0.3) is 5.56 Å². The molecule has 10 heteroatoms. The van der Waals surface area contributed by atoms with Gasteiger partial charge in [-0.3, -0.25) is 14.2 Å². The number of nitrogens with one attached hydrogen (secondary N) is 1. The summed E-state index contributed by atoms with van der Waals surface area (Å²) < 4.78 is 22.5. The maximum absolute atomic E-state index is 12.8. The fourth-order valence-electron chi connectivity index (χ4n) is 3.55. The summed E-state index contributed by atoms with van der Waals surface area (Å²) in [6, 6.07) is 6.56. The summed E-state index contributed by atoms with van der Waals surface area (Å²) in [6.07, 6.45) is 0. The first-order valence-electron chi connectivity index (χ1n) is 10.4. The number of ether oxygens (including phenoxy) is 4. The lowest BCUT2D eigenvalue weighted by Gasteiger charge is -2.30. The Morgan fingerprint density at radius 3 is 2.53 bits per heavy atom. The molecular weight excluding hydrogens is 416 g/mol. The van der Waals surface area contributed by atoms with Gasteiger partial charge in [-0.1, -0.05) is 6.07 Å². The Morgan fingerprint density at radius 2 is 1.88 bits per heavy atom. The highest BCUT2D eigenvalue weighted by molar-refractivity contribution is 5.76. The van der Waals surface area contributed by atoms with Crippen molar-refractivity contribution in [1.82, 2.24) is 14.9 Å². The summed E-state index contributed by atoms with van der Waals surface area (Å²) in [6.45, 7) is 4.18. The van der Waals surface area contributed by atoms with Crippen LogP contribution in [0.1, 0.15) is 24.2 Å². The zero-order valence-corrected chi connectivity index (χ0v) is 18.9. The number of rotatable bonds is 9. The highest BCUT2D eigenvalue weighted by Crippen LogP contribution is 2.29. The van der Waals surface area contributed by atoms with Gasteiger partial charge in [-0.25, -0.2) is 4.98 Å². The van der Waals surface area contributed by atoms with Crippen LogP contribution in [0.3, 0.4) is 0 Å². The van der Waals surface area contributed by atoms with Crippen molar-refractivity contribution in [3.63, 3.8) is 0 Å². The molecule has 174 valence electrons.